The molecule has 14 heavy (non-hydrogen) atoms. The highest BCUT2D eigenvalue weighted by Gasteiger charge is 2.27. The summed E-state index contributed by atoms with van der Waals surface area (Å²) in [5.41, 5.74) is 5.08. The third-order valence-corrected chi connectivity index (χ3v) is 5.06. The van der Waals surface area contributed by atoms with Crippen LogP contribution < -0.4 is 5.73 Å². The van der Waals surface area contributed by atoms with E-state index in [4.69, 9.17) is 19.3 Å². The first-order valence-electron chi connectivity index (χ1n) is 4.54. The molecule has 0 radical (unpaired) electrons. The maximum Gasteiger partial charge on any atom is 0.334 e. The van der Waals surface area contributed by atoms with Gasteiger partial charge in [0.15, 0.2) is 0 Å². The average molecular weight is 221 g/mol. The molecule has 0 aliphatic rings. The van der Waals surface area contributed by atoms with Gasteiger partial charge >= 0.3 is 14.5 Å². The molecule has 2 N–H and O–H groups in total. The normalized spacial score (nSPS) is 11.4. The predicted octanol–water partition coefficient (Wildman–Crippen LogP) is 0.243. The lowest BCUT2D eigenvalue weighted by Crippen LogP contribution is -2.36. The van der Waals surface area contributed by atoms with Gasteiger partial charge in [-0.2, -0.15) is 0 Å². The summed E-state index contributed by atoms with van der Waals surface area (Å²) in [5.74, 6) is -0.372. The zero-order valence-corrected chi connectivity index (χ0v) is 10.0. The fraction of sp³-hybridized carbons (Fsp3) is 0.875. The molecule has 0 heterocycles. The van der Waals surface area contributed by atoms with Gasteiger partial charge < -0.3 is 19.3 Å². The lowest BCUT2D eigenvalue weighted by Gasteiger charge is -2.22. The number of ether oxygens (including phenoxy) is 1. The summed E-state index contributed by atoms with van der Waals surface area (Å²) in [4.78, 5) is 10.7. The Hall–Kier alpha value is -0.433. The third-order valence-electron chi connectivity index (χ3n) is 2.07. The van der Waals surface area contributed by atoms with Crippen molar-refractivity contribution in [2.45, 2.75) is 19.0 Å². The van der Waals surface area contributed by atoms with Crippen molar-refractivity contribution in [3.05, 3.63) is 0 Å². The van der Waals surface area contributed by atoms with Crippen molar-refractivity contribution in [3.63, 3.8) is 0 Å². The van der Waals surface area contributed by atoms with E-state index in [2.05, 4.69) is 0 Å². The molecule has 0 bridgehead atoms. The molecule has 0 aliphatic heterocycles. The SMILES string of the molecule is CO[Si](C)(CCCOC(=O)CN)OC. The minimum absolute atomic E-state index is 0.0662. The third kappa shape index (κ3) is 5.33. The molecule has 0 spiro atoms. The number of carbonyl (C=O) groups excluding carboxylic acids is 1. The van der Waals surface area contributed by atoms with Crippen molar-refractivity contribution in [1.29, 1.82) is 0 Å². The van der Waals surface area contributed by atoms with Gasteiger partial charge in [-0.15, -0.1) is 0 Å². The van der Waals surface area contributed by atoms with Gasteiger partial charge in [-0.1, -0.05) is 0 Å². The number of hydrogen-bond donors (Lipinski definition) is 1. The molecule has 0 aromatic carbocycles. The van der Waals surface area contributed by atoms with Crippen molar-refractivity contribution in [2.24, 2.45) is 5.73 Å². The largest absolute Gasteiger partial charge is 0.465 e. The highest BCUT2D eigenvalue weighted by molar-refractivity contribution is 6.65. The maximum atomic E-state index is 10.7. The van der Waals surface area contributed by atoms with Crippen LogP contribution in [-0.4, -0.2) is 41.9 Å². The quantitative estimate of drug-likeness (QED) is 0.379. The summed E-state index contributed by atoms with van der Waals surface area (Å²) in [6.07, 6.45) is 0.746. The summed E-state index contributed by atoms with van der Waals surface area (Å²) in [5, 5.41) is 0. The van der Waals surface area contributed by atoms with Crippen molar-refractivity contribution in [2.75, 3.05) is 27.4 Å². The minimum Gasteiger partial charge on any atom is -0.465 e. The van der Waals surface area contributed by atoms with Crippen LogP contribution in [0.1, 0.15) is 6.42 Å². The fourth-order valence-corrected chi connectivity index (χ4v) is 2.29. The molecule has 5 nitrogen and oxygen atoms in total. The predicted molar refractivity (Wildman–Crippen MR) is 55.1 cm³/mol. The second kappa shape index (κ2) is 6.94. The van der Waals surface area contributed by atoms with Gasteiger partial charge in [0.25, 0.3) is 0 Å². The smallest absolute Gasteiger partial charge is 0.334 e. The van der Waals surface area contributed by atoms with Crippen molar-refractivity contribution >= 4 is 14.5 Å². The molecule has 0 fully saturated rings. The first-order chi connectivity index (χ1) is 6.58. The van der Waals surface area contributed by atoms with E-state index < -0.39 is 8.56 Å². The average Bonchev–Trinajstić information content (AvgIpc) is 2.23. The molecule has 0 saturated heterocycles. The van der Waals surface area contributed by atoms with Gasteiger partial charge in [0, 0.05) is 14.2 Å². The van der Waals surface area contributed by atoms with Gasteiger partial charge in [0.1, 0.15) is 0 Å². The molecule has 0 aromatic rings. The molecule has 0 rings (SSSR count). The molecule has 0 aliphatic carbocycles. The van der Waals surface area contributed by atoms with Crippen molar-refractivity contribution in [3.8, 4) is 0 Å². The number of carbonyl (C=O) groups is 1. The van der Waals surface area contributed by atoms with Gasteiger partial charge in [-0.25, -0.2) is 0 Å². The van der Waals surface area contributed by atoms with Gasteiger partial charge in [0.2, 0.25) is 0 Å². The summed E-state index contributed by atoms with van der Waals surface area (Å²) < 4.78 is 15.4. The first-order valence-corrected chi connectivity index (χ1v) is 7.06. The zero-order valence-electron chi connectivity index (χ0n) is 9.04. The van der Waals surface area contributed by atoms with E-state index >= 15 is 0 Å². The topological polar surface area (TPSA) is 70.8 Å². The monoisotopic (exact) mass is 221 g/mol. The number of hydrogen-bond acceptors (Lipinski definition) is 5. The van der Waals surface area contributed by atoms with Crippen LogP contribution >= 0.6 is 0 Å². The van der Waals surface area contributed by atoms with Crippen LogP contribution in [0.2, 0.25) is 12.6 Å². The fourth-order valence-electron chi connectivity index (χ4n) is 0.926. The van der Waals surface area contributed by atoms with Crippen LogP contribution in [0.15, 0.2) is 0 Å². The summed E-state index contributed by atoms with van der Waals surface area (Å²) in [6.45, 7) is 2.28. The zero-order chi connectivity index (χ0) is 11.0. The molecule has 84 valence electrons. The lowest BCUT2D eigenvalue weighted by molar-refractivity contribution is -0.141. The molecule has 0 aromatic heterocycles. The highest BCUT2D eigenvalue weighted by Crippen LogP contribution is 2.13. The van der Waals surface area contributed by atoms with Crippen molar-refractivity contribution < 1.29 is 18.4 Å². The summed E-state index contributed by atoms with van der Waals surface area (Å²) in [7, 11) is 1.28. The van der Waals surface area contributed by atoms with Crippen LogP contribution in [-0.2, 0) is 18.4 Å². The number of esters is 1. The number of rotatable bonds is 7. The Balaban J connectivity index is 3.57. The summed E-state index contributed by atoms with van der Waals surface area (Å²) in [6, 6.07) is 0.803. The second-order valence-electron chi connectivity index (χ2n) is 3.07. The van der Waals surface area contributed by atoms with Crippen molar-refractivity contribution in [1.82, 2.24) is 0 Å². The van der Waals surface area contributed by atoms with Gasteiger partial charge in [-0.05, 0) is 19.0 Å². The molecular weight excluding hydrogens is 202 g/mol. The Morgan fingerprint density at radius 3 is 2.36 bits per heavy atom. The number of nitrogens with two attached hydrogens (primary N) is 1. The standard InChI is InChI=1S/C8H19NO4Si/c1-11-14(3,12-2)6-4-5-13-8(10)7-9/h4-7,9H2,1-3H3. The summed E-state index contributed by atoms with van der Waals surface area (Å²) >= 11 is 0. The van der Waals surface area contributed by atoms with E-state index in [1.54, 1.807) is 14.2 Å². The Kier molecular flexibility index (Phi) is 6.72. The van der Waals surface area contributed by atoms with Gasteiger partial charge in [0.05, 0.1) is 13.2 Å². The van der Waals surface area contributed by atoms with Gasteiger partial charge in [-0.3, -0.25) is 4.79 Å². The van der Waals surface area contributed by atoms with E-state index in [1.165, 1.54) is 0 Å². The van der Waals surface area contributed by atoms with Crippen LogP contribution in [0, 0.1) is 0 Å². The molecular formula is C8H19NO4Si. The minimum atomic E-state index is -2.00. The van der Waals surface area contributed by atoms with Crippen LogP contribution in [0.4, 0.5) is 0 Å². The van der Waals surface area contributed by atoms with Crippen LogP contribution in [0.3, 0.4) is 0 Å². The molecule has 0 amide bonds. The Bertz CT molecular complexity index is 173. The second-order valence-corrected chi connectivity index (χ2v) is 6.65. The highest BCUT2D eigenvalue weighted by atomic mass is 28.4. The molecule has 0 unspecified atom stereocenters. The molecule has 6 heteroatoms. The molecule has 0 saturated carbocycles. The Labute approximate surface area is 85.8 Å². The molecule has 0 atom stereocenters. The van der Waals surface area contributed by atoms with Crippen LogP contribution in [0.5, 0.6) is 0 Å². The first kappa shape index (κ1) is 13.6. The Morgan fingerprint density at radius 2 is 1.93 bits per heavy atom. The van der Waals surface area contributed by atoms with E-state index in [9.17, 15) is 4.79 Å². The Morgan fingerprint density at radius 1 is 1.36 bits per heavy atom. The van der Waals surface area contributed by atoms with E-state index in [0.29, 0.717) is 6.61 Å². The van der Waals surface area contributed by atoms with E-state index in [0.717, 1.165) is 12.5 Å². The van der Waals surface area contributed by atoms with E-state index in [-0.39, 0.29) is 12.5 Å². The maximum absolute atomic E-state index is 10.7. The lowest BCUT2D eigenvalue weighted by atomic mass is 10.5. The van der Waals surface area contributed by atoms with Crippen LogP contribution in [0.25, 0.3) is 0 Å². The van der Waals surface area contributed by atoms with E-state index in [1.807, 2.05) is 6.55 Å².